The second-order valence-corrected chi connectivity index (χ2v) is 7.70. The predicted molar refractivity (Wildman–Crippen MR) is 101 cm³/mol. The van der Waals surface area contributed by atoms with Crippen LogP contribution in [0, 0.1) is 0 Å². The molecule has 2 saturated heterocycles. The molecule has 1 amide bonds. The number of aromatic nitrogens is 1. The van der Waals surface area contributed by atoms with Crippen LogP contribution in [-0.4, -0.2) is 96.6 Å². The normalized spacial score (nSPS) is 23.3. The molecule has 26 heavy (non-hydrogen) atoms. The first-order valence-corrected chi connectivity index (χ1v) is 9.92. The number of piperidine rings is 1. The lowest BCUT2D eigenvalue weighted by atomic mass is 10.0. The standard InChI is InChI=1S/C19H33N5O2/c1-4-23-9-11-24(12-10-23)15-17-13-18(20-26-17)19(25)22(3)14-16-7-5-6-8-21(16)2/h13,16H,4-12,14-15H2,1-3H3. The van der Waals surface area contributed by atoms with Gasteiger partial charge in [-0.25, -0.2) is 0 Å². The summed E-state index contributed by atoms with van der Waals surface area (Å²) in [6, 6.07) is 2.26. The van der Waals surface area contributed by atoms with Crippen molar-refractivity contribution in [3.8, 4) is 0 Å². The number of amides is 1. The average molecular weight is 364 g/mol. The van der Waals surface area contributed by atoms with Gasteiger partial charge in [-0.2, -0.15) is 0 Å². The number of likely N-dealkylation sites (tertiary alicyclic amines) is 1. The first-order chi connectivity index (χ1) is 12.6. The van der Waals surface area contributed by atoms with Gasteiger partial charge in [0.1, 0.15) is 0 Å². The number of rotatable bonds is 6. The van der Waals surface area contributed by atoms with Crippen molar-refractivity contribution in [2.24, 2.45) is 0 Å². The van der Waals surface area contributed by atoms with Gasteiger partial charge in [0, 0.05) is 51.9 Å². The van der Waals surface area contributed by atoms with E-state index >= 15 is 0 Å². The topological polar surface area (TPSA) is 56.1 Å². The minimum Gasteiger partial charge on any atom is -0.359 e. The van der Waals surface area contributed by atoms with Crippen LogP contribution in [0.2, 0.25) is 0 Å². The van der Waals surface area contributed by atoms with E-state index in [0.29, 0.717) is 11.7 Å². The zero-order valence-electron chi connectivity index (χ0n) is 16.5. The SMILES string of the molecule is CCN1CCN(Cc2cc(C(=O)N(C)CC3CCCCN3C)no2)CC1. The highest BCUT2D eigenvalue weighted by Crippen LogP contribution is 2.17. The Bertz CT molecular complexity index is 582. The van der Waals surface area contributed by atoms with E-state index in [-0.39, 0.29) is 5.91 Å². The Morgan fingerprint density at radius 3 is 2.65 bits per heavy atom. The summed E-state index contributed by atoms with van der Waals surface area (Å²) in [4.78, 5) is 21.6. The molecule has 2 aliphatic rings. The summed E-state index contributed by atoms with van der Waals surface area (Å²) < 4.78 is 5.44. The Kier molecular flexibility index (Phi) is 6.67. The minimum absolute atomic E-state index is 0.0465. The van der Waals surface area contributed by atoms with Crippen LogP contribution < -0.4 is 0 Å². The molecule has 146 valence electrons. The van der Waals surface area contributed by atoms with Crippen molar-refractivity contribution in [2.45, 2.75) is 38.8 Å². The highest BCUT2D eigenvalue weighted by Gasteiger charge is 2.25. The van der Waals surface area contributed by atoms with Crippen molar-refractivity contribution >= 4 is 5.91 Å². The molecule has 0 bridgehead atoms. The fraction of sp³-hybridized carbons (Fsp3) is 0.789. The van der Waals surface area contributed by atoms with E-state index in [1.165, 1.54) is 12.8 Å². The molecule has 7 heteroatoms. The Balaban J connectivity index is 1.51. The Morgan fingerprint density at radius 2 is 1.96 bits per heavy atom. The average Bonchev–Trinajstić information content (AvgIpc) is 3.12. The molecular weight excluding hydrogens is 330 g/mol. The van der Waals surface area contributed by atoms with Crippen LogP contribution in [0.25, 0.3) is 0 Å². The predicted octanol–water partition coefficient (Wildman–Crippen LogP) is 1.37. The second kappa shape index (κ2) is 8.97. The van der Waals surface area contributed by atoms with Crippen LogP contribution in [0.3, 0.4) is 0 Å². The van der Waals surface area contributed by atoms with E-state index < -0.39 is 0 Å². The van der Waals surface area contributed by atoms with Crippen molar-refractivity contribution in [3.05, 3.63) is 17.5 Å². The number of hydrogen-bond acceptors (Lipinski definition) is 6. The summed E-state index contributed by atoms with van der Waals surface area (Å²) in [6.45, 7) is 10.2. The van der Waals surface area contributed by atoms with Crippen LogP contribution in [0.5, 0.6) is 0 Å². The van der Waals surface area contributed by atoms with E-state index in [1.807, 2.05) is 13.1 Å². The lowest BCUT2D eigenvalue weighted by Gasteiger charge is -2.34. The van der Waals surface area contributed by atoms with E-state index in [1.54, 1.807) is 4.90 Å². The van der Waals surface area contributed by atoms with Gasteiger partial charge in [-0.05, 0) is 33.0 Å². The van der Waals surface area contributed by atoms with Crippen molar-refractivity contribution in [3.63, 3.8) is 0 Å². The third-order valence-electron chi connectivity index (χ3n) is 5.82. The molecule has 0 spiro atoms. The molecule has 0 saturated carbocycles. The molecule has 2 aliphatic heterocycles. The second-order valence-electron chi connectivity index (χ2n) is 7.70. The molecule has 7 nitrogen and oxygen atoms in total. The Morgan fingerprint density at radius 1 is 1.23 bits per heavy atom. The van der Waals surface area contributed by atoms with Gasteiger partial charge in [-0.3, -0.25) is 9.69 Å². The minimum atomic E-state index is -0.0465. The van der Waals surface area contributed by atoms with E-state index in [4.69, 9.17) is 4.52 Å². The highest BCUT2D eigenvalue weighted by atomic mass is 16.5. The number of nitrogens with zero attached hydrogens (tertiary/aromatic N) is 5. The summed E-state index contributed by atoms with van der Waals surface area (Å²) in [5.74, 6) is 0.733. The van der Waals surface area contributed by atoms with Gasteiger partial charge in [0.25, 0.3) is 5.91 Å². The number of carbonyl (C=O) groups excluding carboxylic acids is 1. The van der Waals surface area contributed by atoms with Crippen molar-refractivity contribution in [1.29, 1.82) is 0 Å². The van der Waals surface area contributed by atoms with Crippen LogP contribution in [-0.2, 0) is 6.54 Å². The van der Waals surface area contributed by atoms with Gasteiger partial charge in [-0.1, -0.05) is 18.5 Å². The van der Waals surface area contributed by atoms with Gasteiger partial charge >= 0.3 is 0 Å². The van der Waals surface area contributed by atoms with Gasteiger partial charge in [0.15, 0.2) is 11.5 Å². The molecule has 2 fully saturated rings. The zero-order valence-corrected chi connectivity index (χ0v) is 16.5. The number of carbonyl (C=O) groups is 1. The van der Waals surface area contributed by atoms with Crippen LogP contribution in [0.4, 0.5) is 0 Å². The molecule has 1 atom stereocenters. The molecule has 1 aromatic rings. The first kappa shape index (κ1) is 19.3. The molecule has 0 N–H and O–H groups in total. The van der Waals surface area contributed by atoms with Crippen molar-refractivity contribution in [1.82, 2.24) is 24.8 Å². The quantitative estimate of drug-likeness (QED) is 0.761. The maximum Gasteiger partial charge on any atom is 0.275 e. The van der Waals surface area contributed by atoms with E-state index in [9.17, 15) is 4.79 Å². The molecule has 0 radical (unpaired) electrons. The first-order valence-electron chi connectivity index (χ1n) is 9.92. The van der Waals surface area contributed by atoms with Crippen molar-refractivity contribution in [2.75, 3.05) is 59.9 Å². The van der Waals surface area contributed by atoms with Gasteiger partial charge < -0.3 is 19.2 Å². The molecule has 3 rings (SSSR count). The molecular formula is C19H33N5O2. The number of likely N-dealkylation sites (N-methyl/N-ethyl adjacent to an activating group) is 3. The van der Waals surface area contributed by atoms with E-state index in [2.05, 4.69) is 33.8 Å². The third kappa shape index (κ3) is 4.84. The van der Waals surface area contributed by atoms with E-state index in [0.717, 1.165) is 64.5 Å². The van der Waals surface area contributed by atoms with Crippen LogP contribution in [0.15, 0.2) is 10.6 Å². The fourth-order valence-electron chi connectivity index (χ4n) is 3.94. The summed E-state index contributed by atoms with van der Waals surface area (Å²) in [5.41, 5.74) is 0.424. The summed E-state index contributed by atoms with van der Waals surface area (Å²) in [5, 5.41) is 4.03. The van der Waals surface area contributed by atoms with Gasteiger partial charge in [0.05, 0.1) is 6.54 Å². The van der Waals surface area contributed by atoms with Crippen LogP contribution >= 0.6 is 0 Å². The largest absolute Gasteiger partial charge is 0.359 e. The fourth-order valence-corrected chi connectivity index (χ4v) is 3.94. The smallest absolute Gasteiger partial charge is 0.275 e. The van der Waals surface area contributed by atoms with Crippen LogP contribution in [0.1, 0.15) is 42.4 Å². The third-order valence-corrected chi connectivity index (χ3v) is 5.82. The highest BCUT2D eigenvalue weighted by molar-refractivity contribution is 5.92. The Labute approximate surface area is 156 Å². The molecule has 1 unspecified atom stereocenters. The zero-order chi connectivity index (χ0) is 18.5. The summed E-state index contributed by atoms with van der Waals surface area (Å²) in [7, 11) is 4.01. The maximum absolute atomic E-state index is 12.7. The Hall–Kier alpha value is -1.44. The lowest BCUT2D eigenvalue weighted by Crippen LogP contribution is -2.45. The molecule has 0 aromatic carbocycles. The summed E-state index contributed by atoms with van der Waals surface area (Å²) >= 11 is 0. The number of piperazine rings is 1. The van der Waals surface area contributed by atoms with Crippen molar-refractivity contribution < 1.29 is 9.32 Å². The summed E-state index contributed by atoms with van der Waals surface area (Å²) in [6.07, 6.45) is 3.65. The lowest BCUT2D eigenvalue weighted by molar-refractivity contribution is 0.0707. The number of hydrogen-bond donors (Lipinski definition) is 0. The molecule has 1 aromatic heterocycles. The molecule has 3 heterocycles. The van der Waals surface area contributed by atoms with Gasteiger partial charge in [-0.15, -0.1) is 0 Å². The van der Waals surface area contributed by atoms with Gasteiger partial charge in [0.2, 0.25) is 0 Å². The maximum atomic E-state index is 12.7. The molecule has 0 aliphatic carbocycles. The monoisotopic (exact) mass is 363 g/mol.